The third-order valence-electron chi connectivity index (χ3n) is 4.85. The molecular weight excluding hydrogens is 453 g/mol. The van der Waals surface area contributed by atoms with Gasteiger partial charge in [0.15, 0.2) is 0 Å². The van der Waals surface area contributed by atoms with E-state index in [1.165, 1.54) is 12.1 Å². The van der Waals surface area contributed by atoms with Gasteiger partial charge < -0.3 is 24.7 Å². The van der Waals surface area contributed by atoms with Crippen molar-refractivity contribution in [2.75, 3.05) is 6.61 Å². The summed E-state index contributed by atoms with van der Waals surface area (Å²) in [5.74, 6) is -1.30. The van der Waals surface area contributed by atoms with E-state index in [0.717, 1.165) is 12.1 Å². The first-order chi connectivity index (χ1) is 16.1. The van der Waals surface area contributed by atoms with Gasteiger partial charge in [0.25, 0.3) is 0 Å². The Morgan fingerprint density at radius 1 is 1.18 bits per heavy atom. The van der Waals surface area contributed by atoms with Crippen LogP contribution in [0.15, 0.2) is 71.3 Å². The largest absolute Gasteiger partial charge is 0.573 e. The first kappa shape index (κ1) is 24.5. The van der Waals surface area contributed by atoms with Crippen LogP contribution in [0.4, 0.5) is 13.2 Å². The van der Waals surface area contributed by atoms with Crippen LogP contribution in [0, 0.1) is 11.3 Å². The Labute approximate surface area is 193 Å². The van der Waals surface area contributed by atoms with Gasteiger partial charge in [0.2, 0.25) is 5.88 Å². The Balaban J connectivity index is 1.83. The number of carbonyl (C=O) groups excluding carboxylic acids is 1. The summed E-state index contributed by atoms with van der Waals surface area (Å²) in [7, 11) is 0. The number of carbonyl (C=O) groups is 1. The van der Waals surface area contributed by atoms with E-state index < -0.39 is 18.2 Å². The summed E-state index contributed by atoms with van der Waals surface area (Å²) < 4.78 is 57.0. The van der Waals surface area contributed by atoms with E-state index in [9.17, 15) is 23.2 Å². The van der Waals surface area contributed by atoms with Crippen molar-refractivity contribution in [3.63, 3.8) is 0 Å². The van der Waals surface area contributed by atoms with Crippen molar-refractivity contribution < 1.29 is 36.9 Å². The van der Waals surface area contributed by atoms with Crippen molar-refractivity contribution in [3.05, 3.63) is 82.4 Å². The van der Waals surface area contributed by atoms with Crippen molar-refractivity contribution in [1.29, 1.82) is 5.26 Å². The molecule has 0 saturated carbocycles. The van der Waals surface area contributed by atoms with Crippen LogP contribution in [0.5, 0.6) is 11.5 Å². The number of nitriles is 1. The molecule has 178 valence electrons. The molecule has 2 aromatic carbocycles. The molecular formula is C24H21F3N2O5. The normalized spacial score (nSPS) is 15.9. The number of rotatable bonds is 7. The molecule has 0 spiro atoms. The average Bonchev–Trinajstić information content (AvgIpc) is 2.77. The highest BCUT2D eigenvalue weighted by Crippen LogP contribution is 2.39. The van der Waals surface area contributed by atoms with Crippen molar-refractivity contribution in [3.8, 4) is 17.6 Å². The summed E-state index contributed by atoms with van der Waals surface area (Å²) in [6, 6.07) is 14.0. The Morgan fingerprint density at radius 3 is 2.47 bits per heavy atom. The molecule has 0 bridgehead atoms. The van der Waals surface area contributed by atoms with E-state index in [2.05, 4.69) is 4.74 Å². The van der Waals surface area contributed by atoms with Crippen LogP contribution in [0.3, 0.4) is 0 Å². The molecule has 0 aromatic heterocycles. The summed E-state index contributed by atoms with van der Waals surface area (Å²) in [6.45, 7) is 3.46. The maximum absolute atomic E-state index is 12.6. The van der Waals surface area contributed by atoms with Crippen LogP contribution in [0.25, 0.3) is 0 Å². The molecule has 1 unspecified atom stereocenters. The summed E-state index contributed by atoms with van der Waals surface area (Å²) in [6.07, 6.45) is -4.78. The fourth-order valence-electron chi connectivity index (χ4n) is 3.45. The fourth-order valence-corrected chi connectivity index (χ4v) is 3.45. The molecule has 34 heavy (non-hydrogen) atoms. The number of benzene rings is 2. The number of halogens is 3. The smallest absolute Gasteiger partial charge is 0.489 e. The number of esters is 1. The second-order valence-corrected chi connectivity index (χ2v) is 7.17. The molecule has 7 nitrogen and oxygen atoms in total. The number of nitrogens with zero attached hydrogens (tertiary/aromatic N) is 1. The number of hydrogen-bond donors (Lipinski definition) is 1. The zero-order chi connectivity index (χ0) is 24.9. The highest BCUT2D eigenvalue weighted by Gasteiger charge is 2.36. The maximum atomic E-state index is 12.6. The summed E-state index contributed by atoms with van der Waals surface area (Å²) in [4.78, 5) is 12.6. The van der Waals surface area contributed by atoms with Crippen molar-refractivity contribution >= 4 is 5.97 Å². The molecule has 1 aliphatic rings. The first-order valence-corrected chi connectivity index (χ1v) is 10.2. The minimum Gasteiger partial charge on any atom is -0.489 e. The average molecular weight is 474 g/mol. The van der Waals surface area contributed by atoms with Gasteiger partial charge >= 0.3 is 12.3 Å². The van der Waals surface area contributed by atoms with E-state index in [1.807, 2.05) is 6.07 Å². The number of alkyl halides is 3. The Morgan fingerprint density at radius 2 is 1.85 bits per heavy atom. The quantitative estimate of drug-likeness (QED) is 0.575. The molecule has 0 radical (unpaired) electrons. The van der Waals surface area contributed by atoms with Gasteiger partial charge in [-0.15, -0.1) is 13.2 Å². The van der Waals surface area contributed by atoms with E-state index >= 15 is 0 Å². The van der Waals surface area contributed by atoms with Gasteiger partial charge in [0, 0.05) is 0 Å². The van der Waals surface area contributed by atoms with Gasteiger partial charge in [-0.1, -0.05) is 24.3 Å². The minimum atomic E-state index is -4.78. The van der Waals surface area contributed by atoms with Crippen LogP contribution < -0.4 is 15.2 Å². The topological polar surface area (TPSA) is 104 Å². The van der Waals surface area contributed by atoms with Crippen LogP contribution >= 0.6 is 0 Å². The SMILES string of the molecule is CCOC(=O)C1=C(C)OC(N)=C(C#N)C1c1cccc(COc2ccc(OC(F)(F)F)cc2)c1. The van der Waals surface area contributed by atoms with Gasteiger partial charge in [0.1, 0.15) is 35.5 Å². The molecule has 1 atom stereocenters. The van der Waals surface area contributed by atoms with Gasteiger partial charge in [-0.25, -0.2) is 4.79 Å². The van der Waals surface area contributed by atoms with Gasteiger partial charge in [0.05, 0.1) is 18.1 Å². The molecule has 2 aromatic rings. The molecule has 0 amide bonds. The van der Waals surface area contributed by atoms with Gasteiger partial charge in [-0.3, -0.25) is 0 Å². The molecule has 0 aliphatic carbocycles. The molecule has 2 N–H and O–H groups in total. The highest BCUT2D eigenvalue weighted by atomic mass is 19.4. The maximum Gasteiger partial charge on any atom is 0.573 e. The third kappa shape index (κ3) is 5.81. The number of nitrogens with two attached hydrogens (primary N) is 1. The molecule has 3 rings (SSSR count). The number of ether oxygens (including phenoxy) is 4. The van der Waals surface area contributed by atoms with Crippen molar-refractivity contribution in [2.45, 2.75) is 32.7 Å². The van der Waals surface area contributed by atoms with Crippen LogP contribution in [-0.2, 0) is 20.9 Å². The zero-order valence-electron chi connectivity index (χ0n) is 18.3. The third-order valence-corrected chi connectivity index (χ3v) is 4.85. The Bertz CT molecular complexity index is 1160. The summed E-state index contributed by atoms with van der Waals surface area (Å²) in [5, 5.41) is 9.68. The standard InChI is InChI=1S/C24H21F3N2O5/c1-3-31-23(30)20-14(2)33-22(29)19(12-28)21(20)16-6-4-5-15(11-16)13-32-17-7-9-18(10-8-17)34-24(25,26)27/h4-11,21H,3,13,29H2,1-2H3. The summed E-state index contributed by atoms with van der Waals surface area (Å²) in [5.41, 5.74) is 7.45. The van der Waals surface area contributed by atoms with Gasteiger partial charge in [-0.2, -0.15) is 5.26 Å². The van der Waals surface area contributed by atoms with Crippen LogP contribution in [0.2, 0.25) is 0 Å². The summed E-state index contributed by atoms with van der Waals surface area (Å²) >= 11 is 0. The van der Waals surface area contributed by atoms with E-state index in [4.69, 9.17) is 19.9 Å². The monoisotopic (exact) mass is 474 g/mol. The van der Waals surface area contributed by atoms with E-state index in [0.29, 0.717) is 16.9 Å². The number of allylic oxidation sites excluding steroid dienone is 2. The highest BCUT2D eigenvalue weighted by molar-refractivity contribution is 5.92. The van der Waals surface area contributed by atoms with Gasteiger partial charge in [-0.05, 0) is 49.2 Å². The van der Waals surface area contributed by atoms with Crippen LogP contribution in [0.1, 0.15) is 30.9 Å². The van der Waals surface area contributed by atoms with Crippen molar-refractivity contribution in [1.82, 2.24) is 0 Å². The Kier molecular flexibility index (Phi) is 7.36. The molecule has 10 heteroatoms. The first-order valence-electron chi connectivity index (χ1n) is 10.2. The second-order valence-electron chi connectivity index (χ2n) is 7.17. The van der Waals surface area contributed by atoms with Crippen molar-refractivity contribution in [2.24, 2.45) is 5.73 Å². The predicted octanol–water partition coefficient (Wildman–Crippen LogP) is 4.81. The molecule has 0 fully saturated rings. The lowest BCUT2D eigenvalue weighted by atomic mass is 9.82. The van der Waals surface area contributed by atoms with E-state index in [-0.39, 0.29) is 41.8 Å². The van der Waals surface area contributed by atoms with Crippen LogP contribution in [-0.4, -0.2) is 18.9 Å². The lowest BCUT2D eigenvalue weighted by molar-refractivity contribution is -0.274. The minimum absolute atomic E-state index is 0.0759. The molecule has 1 heterocycles. The zero-order valence-corrected chi connectivity index (χ0v) is 18.3. The number of hydrogen-bond acceptors (Lipinski definition) is 7. The second kappa shape index (κ2) is 10.2. The molecule has 0 saturated heterocycles. The Hall–Kier alpha value is -4.13. The molecule has 1 aliphatic heterocycles. The fraction of sp³-hybridized carbons (Fsp3) is 0.250. The predicted molar refractivity (Wildman–Crippen MR) is 114 cm³/mol. The lowest BCUT2D eigenvalue weighted by Crippen LogP contribution is -2.25. The lowest BCUT2D eigenvalue weighted by Gasteiger charge is -2.27. The van der Waals surface area contributed by atoms with E-state index in [1.54, 1.807) is 38.1 Å².